The van der Waals surface area contributed by atoms with Gasteiger partial charge in [-0.1, -0.05) is 19.8 Å². The van der Waals surface area contributed by atoms with Crippen molar-refractivity contribution in [3.63, 3.8) is 0 Å². The van der Waals surface area contributed by atoms with E-state index in [-0.39, 0.29) is 12.0 Å². The van der Waals surface area contributed by atoms with Crippen molar-refractivity contribution in [3.8, 4) is 0 Å². The molecule has 2 aliphatic rings. The zero-order valence-corrected chi connectivity index (χ0v) is 11.4. The third-order valence-electron chi connectivity index (χ3n) is 3.31. The Morgan fingerprint density at radius 2 is 1.81 bits per heavy atom. The van der Waals surface area contributed by atoms with Crippen molar-refractivity contribution >= 4 is 29.4 Å². The topological polar surface area (TPSA) is 101 Å². The zero-order valence-electron chi connectivity index (χ0n) is 11.4. The van der Waals surface area contributed by atoms with Gasteiger partial charge in [-0.15, -0.1) is 0 Å². The summed E-state index contributed by atoms with van der Waals surface area (Å²) in [5, 5.41) is 1.98. The molecule has 7 nitrogen and oxygen atoms in total. The zero-order chi connectivity index (χ0) is 15.6. The van der Waals surface area contributed by atoms with Crippen LogP contribution in [0.25, 0.3) is 0 Å². The fraction of sp³-hybridized carbons (Fsp3) is 0.357. The number of unbranched alkanes of at least 4 members (excludes halogenated alkanes) is 1. The summed E-state index contributed by atoms with van der Waals surface area (Å²) in [5.74, 6) is -3.31. The number of imide groups is 2. The van der Waals surface area contributed by atoms with Gasteiger partial charge in [-0.25, -0.2) is 0 Å². The minimum Gasteiger partial charge on any atom is -0.292 e. The third kappa shape index (κ3) is 2.81. The van der Waals surface area contributed by atoms with Crippen molar-refractivity contribution < 1.29 is 24.0 Å². The summed E-state index contributed by atoms with van der Waals surface area (Å²) in [4.78, 5) is 59.4. The maximum atomic E-state index is 12.4. The first kappa shape index (κ1) is 14.8. The first-order valence-corrected chi connectivity index (χ1v) is 6.62. The molecule has 7 heteroatoms. The van der Waals surface area contributed by atoms with E-state index < -0.39 is 35.5 Å². The molecule has 110 valence electrons. The van der Waals surface area contributed by atoms with Crippen molar-refractivity contribution in [1.29, 1.82) is 0 Å². The second-order valence-corrected chi connectivity index (χ2v) is 4.78. The van der Waals surface area contributed by atoms with Crippen molar-refractivity contribution in [2.24, 2.45) is 0 Å². The lowest BCUT2D eigenvalue weighted by molar-refractivity contribution is -0.144. The molecule has 21 heavy (non-hydrogen) atoms. The molecule has 2 heterocycles. The number of carbonyl (C=O) groups is 5. The van der Waals surface area contributed by atoms with Crippen molar-refractivity contribution in [1.82, 2.24) is 10.2 Å². The van der Waals surface area contributed by atoms with Crippen LogP contribution in [0.15, 0.2) is 23.8 Å². The molecule has 0 aromatic carbocycles. The molecule has 0 fully saturated rings. The normalized spacial score (nSPS) is 19.1. The number of nitrogens with one attached hydrogen (secondary N) is 1. The second-order valence-electron chi connectivity index (χ2n) is 4.78. The lowest BCUT2D eigenvalue weighted by atomic mass is 9.98. The Morgan fingerprint density at radius 1 is 1.19 bits per heavy atom. The van der Waals surface area contributed by atoms with E-state index >= 15 is 0 Å². The molecular weight excluding hydrogens is 276 g/mol. The predicted molar refractivity (Wildman–Crippen MR) is 70.5 cm³/mol. The molecule has 2 aliphatic heterocycles. The number of Topliss-reactive ketones (excluding diaryl/α,β-unsaturated/α-hetero) is 1. The van der Waals surface area contributed by atoms with Gasteiger partial charge in [-0.2, -0.15) is 0 Å². The van der Waals surface area contributed by atoms with E-state index in [9.17, 15) is 24.0 Å². The highest BCUT2D eigenvalue weighted by Crippen LogP contribution is 2.20. The van der Waals surface area contributed by atoms with E-state index in [2.05, 4.69) is 0 Å². The van der Waals surface area contributed by atoms with E-state index in [0.29, 0.717) is 6.42 Å². The van der Waals surface area contributed by atoms with Crippen LogP contribution in [0.5, 0.6) is 0 Å². The van der Waals surface area contributed by atoms with Crippen molar-refractivity contribution in [3.05, 3.63) is 23.8 Å². The first-order chi connectivity index (χ1) is 9.95. The minimum atomic E-state index is -1.05. The molecule has 0 spiro atoms. The quantitative estimate of drug-likeness (QED) is 0.531. The average molecular weight is 290 g/mol. The van der Waals surface area contributed by atoms with E-state index in [4.69, 9.17) is 0 Å². The molecule has 1 atom stereocenters. The molecule has 0 aromatic heterocycles. The van der Waals surface area contributed by atoms with Gasteiger partial charge >= 0.3 is 0 Å². The largest absolute Gasteiger partial charge is 0.292 e. The van der Waals surface area contributed by atoms with Crippen LogP contribution in [0.3, 0.4) is 0 Å². The number of ketones is 1. The second kappa shape index (κ2) is 5.82. The van der Waals surface area contributed by atoms with Crippen molar-refractivity contribution in [2.45, 2.75) is 32.2 Å². The van der Waals surface area contributed by atoms with E-state index in [0.717, 1.165) is 29.5 Å². The van der Waals surface area contributed by atoms with Gasteiger partial charge in [0.2, 0.25) is 0 Å². The molecule has 0 saturated heterocycles. The number of hydrogen-bond donors (Lipinski definition) is 1. The number of rotatable bonds is 6. The van der Waals surface area contributed by atoms with Gasteiger partial charge in [0.15, 0.2) is 5.78 Å². The Kier molecular flexibility index (Phi) is 4.11. The highest BCUT2D eigenvalue weighted by atomic mass is 16.2. The van der Waals surface area contributed by atoms with Crippen LogP contribution < -0.4 is 5.32 Å². The molecule has 1 unspecified atom stereocenters. The van der Waals surface area contributed by atoms with Crippen molar-refractivity contribution in [2.75, 3.05) is 0 Å². The van der Waals surface area contributed by atoms with Crippen LogP contribution in [-0.4, -0.2) is 40.4 Å². The van der Waals surface area contributed by atoms with Crippen LogP contribution >= 0.6 is 0 Å². The lowest BCUT2D eigenvalue weighted by Crippen LogP contribution is -2.46. The SMILES string of the molecule is CCCCC(C(=O)C1=CC(=O)NC1=O)N1C(=O)C=CC1=O. The average Bonchev–Trinajstić information content (AvgIpc) is 2.94. The molecule has 0 bridgehead atoms. The van der Waals surface area contributed by atoms with Gasteiger partial charge in [0, 0.05) is 18.2 Å². The summed E-state index contributed by atoms with van der Waals surface area (Å²) in [6.45, 7) is 1.90. The van der Waals surface area contributed by atoms with Gasteiger partial charge in [-0.3, -0.25) is 34.2 Å². The van der Waals surface area contributed by atoms with Gasteiger partial charge in [0.25, 0.3) is 23.6 Å². The number of carbonyl (C=O) groups excluding carboxylic acids is 5. The smallest absolute Gasteiger partial charge is 0.261 e. The third-order valence-corrected chi connectivity index (χ3v) is 3.31. The Morgan fingerprint density at radius 3 is 2.29 bits per heavy atom. The summed E-state index contributed by atoms with van der Waals surface area (Å²) in [6, 6.07) is -1.05. The molecule has 1 N–H and O–H groups in total. The van der Waals surface area contributed by atoms with Crippen LogP contribution in [-0.2, 0) is 24.0 Å². The monoisotopic (exact) mass is 290 g/mol. The van der Waals surface area contributed by atoms with Crippen LogP contribution in [0.1, 0.15) is 26.2 Å². The van der Waals surface area contributed by atoms with Gasteiger partial charge in [-0.05, 0) is 6.42 Å². The number of hydrogen-bond acceptors (Lipinski definition) is 5. The predicted octanol–water partition coefficient (Wildman–Crippen LogP) is -0.378. The summed E-state index contributed by atoms with van der Waals surface area (Å²) in [6.07, 6.45) is 4.70. The fourth-order valence-corrected chi connectivity index (χ4v) is 2.27. The highest BCUT2D eigenvalue weighted by molar-refractivity contribution is 6.32. The van der Waals surface area contributed by atoms with Crippen LogP contribution in [0, 0.1) is 0 Å². The summed E-state index contributed by atoms with van der Waals surface area (Å²) >= 11 is 0. The maximum Gasteiger partial charge on any atom is 0.261 e. The first-order valence-electron chi connectivity index (χ1n) is 6.62. The summed E-state index contributed by atoms with van der Waals surface area (Å²) in [7, 11) is 0. The Labute approximate surface area is 120 Å². The summed E-state index contributed by atoms with van der Waals surface area (Å²) < 4.78 is 0. The molecule has 0 aromatic rings. The lowest BCUT2D eigenvalue weighted by Gasteiger charge is -2.24. The van der Waals surface area contributed by atoms with E-state index in [1.807, 2.05) is 12.2 Å². The summed E-state index contributed by atoms with van der Waals surface area (Å²) in [5.41, 5.74) is -0.311. The van der Waals surface area contributed by atoms with Gasteiger partial charge in [0.05, 0.1) is 5.57 Å². The minimum absolute atomic E-state index is 0.257. The Hall–Kier alpha value is -2.57. The number of amides is 4. The van der Waals surface area contributed by atoms with E-state index in [1.54, 1.807) is 0 Å². The van der Waals surface area contributed by atoms with Gasteiger partial charge in [0.1, 0.15) is 6.04 Å². The standard InChI is InChI=1S/C14H14N2O5/c1-2-3-4-9(16-11(18)5-6-12(16)19)13(20)8-7-10(17)15-14(8)21/h5-7,9H,2-4H2,1H3,(H,15,17,21). The van der Waals surface area contributed by atoms with Gasteiger partial charge < -0.3 is 0 Å². The van der Waals surface area contributed by atoms with Crippen LogP contribution in [0.2, 0.25) is 0 Å². The van der Waals surface area contributed by atoms with Crippen LogP contribution in [0.4, 0.5) is 0 Å². The highest BCUT2D eigenvalue weighted by Gasteiger charge is 2.39. The Bertz CT molecular complexity index is 584. The molecular formula is C14H14N2O5. The van der Waals surface area contributed by atoms with E-state index in [1.165, 1.54) is 0 Å². The maximum absolute atomic E-state index is 12.4. The molecule has 0 saturated carbocycles. The fourth-order valence-electron chi connectivity index (χ4n) is 2.27. The molecule has 0 aliphatic carbocycles. The molecule has 2 rings (SSSR count). The number of nitrogens with zero attached hydrogens (tertiary/aromatic N) is 1. The Balaban J connectivity index is 2.28. The molecule has 4 amide bonds. The molecule has 0 radical (unpaired) electrons.